The number of hydrogen-bond donors (Lipinski definition) is 0. The number of cyclic esters (lactones) is 4. The highest BCUT2D eigenvalue weighted by atomic mass is 16.6. The number of carbonyl (C=O) groups is 6. The molecule has 6 rings (SSSR count). The molecule has 3 aliphatic rings. The first kappa shape index (κ1) is 35.4. The maximum atomic E-state index is 12.6. The number of unbranched alkanes of at least 4 members (excludes halogenated alkanes) is 5. The molecule has 264 valence electrons. The summed E-state index contributed by atoms with van der Waals surface area (Å²) in [4.78, 5) is 73.2. The van der Waals surface area contributed by atoms with Gasteiger partial charge in [-0.3, -0.25) is 28.8 Å². The number of ether oxygens (including phenoxy) is 4. The summed E-state index contributed by atoms with van der Waals surface area (Å²) in [5.41, 5.74) is 2.84. The minimum absolute atomic E-state index is 0.0540. The molecular formula is C41H40O10. The summed E-state index contributed by atoms with van der Waals surface area (Å²) in [6, 6.07) is 21.7. The Balaban J connectivity index is 0.893. The zero-order chi connectivity index (χ0) is 35.7. The van der Waals surface area contributed by atoms with Crippen LogP contribution in [0.2, 0.25) is 0 Å². The fourth-order valence-corrected chi connectivity index (χ4v) is 7.15. The average Bonchev–Trinajstić information content (AvgIpc) is 3.64. The van der Waals surface area contributed by atoms with E-state index in [2.05, 4.69) is 0 Å². The molecule has 0 aromatic heterocycles. The summed E-state index contributed by atoms with van der Waals surface area (Å²) >= 11 is 0. The Kier molecular flexibility index (Phi) is 11.5. The summed E-state index contributed by atoms with van der Waals surface area (Å²) in [6.45, 7) is 0.474. The van der Waals surface area contributed by atoms with Gasteiger partial charge in [-0.2, -0.15) is 0 Å². The van der Waals surface area contributed by atoms with E-state index in [0.717, 1.165) is 55.9 Å². The predicted molar refractivity (Wildman–Crippen MR) is 185 cm³/mol. The van der Waals surface area contributed by atoms with Crippen molar-refractivity contribution in [2.24, 2.45) is 11.8 Å². The molecule has 0 bridgehead atoms. The Morgan fingerprint density at radius 3 is 2.18 bits per heavy atom. The lowest BCUT2D eigenvalue weighted by Crippen LogP contribution is -2.31. The van der Waals surface area contributed by atoms with E-state index in [0.29, 0.717) is 35.7 Å². The Morgan fingerprint density at radius 2 is 1.45 bits per heavy atom. The fourth-order valence-electron chi connectivity index (χ4n) is 7.15. The molecule has 0 radical (unpaired) electrons. The summed E-state index contributed by atoms with van der Waals surface area (Å²) in [5.74, 6) is -3.89. The summed E-state index contributed by atoms with van der Waals surface area (Å²) in [6.07, 6.45) is 10.0. The van der Waals surface area contributed by atoms with Crippen LogP contribution in [0.1, 0.15) is 96.7 Å². The van der Waals surface area contributed by atoms with E-state index in [-0.39, 0.29) is 18.6 Å². The first-order valence-electron chi connectivity index (χ1n) is 17.6. The number of benzene rings is 3. The number of ketones is 1. The topological polar surface area (TPSA) is 139 Å². The normalized spacial score (nSPS) is 21.5. The zero-order valence-electron chi connectivity index (χ0n) is 28.2. The number of rotatable bonds is 17. The molecule has 0 amide bonds. The third-order valence-electron chi connectivity index (χ3n) is 9.81. The molecule has 3 aromatic carbocycles. The van der Waals surface area contributed by atoms with E-state index >= 15 is 0 Å². The van der Waals surface area contributed by atoms with Crippen LogP contribution in [0.15, 0.2) is 78.9 Å². The molecule has 0 saturated carbocycles. The molecule has 0 spiro atoms. The Bertz CT molecular complexity index is 1790. The van der Waals surface area contributed by atoms with Gasteiger partial charge in [-0.25, -0.2) is 0 Å². The number of aldehydes is 1. The van der Waals surface area contributed by atoms with E-state index in [9.17, 15) is 28.8 Å². The standard InChI is InChI=1S/C41H40O10/c42-25-30(49-28-16-13-26(14-17-28)15-20-36(43)27-10-6-5-7-11-27)12-8-3-1-2-4-9-21-48-29-18-19-31-32(34-24-37(44)50-39(34)45)23-35-38(33(31)22-29)41(47)51-40(35)46/h5-7,10-11,13-20,22,25,30,32,34-35,38H,1-4,8-9,12,21,23-24H2/b20-15+. The molecule has 2 aliphatic heterocycles. The first-order chi connectivity index (χ1) is 24.8. The Labute approximate surface area is 296 Å². The molecule has 5 atom stereocenters. The molecule has 5 unspecified atom stereocenters. The monoisotopic (exact) mass is 692 g/mol. The number of esters is 4. The maximum absolute atomic E-state index is 12.6. The minimum Gasteiger partial charge on any atom is -0.494 e. The van der Waals surface area contributed by atoms with E-state index in [1.54, 1.807) is 42.5 Å². The average molecular weight is 693 g/mol. The molecule has 0 N–H and O–H groups in total. The lowest BCUT2D eigenvalue weighted by Gasteiger charge is -2.33. The van der Waals surface area contributed by atoms with E-state index < -0.39 is 53.7 Å². The van der Waals surface area contributed by atoms with Crippen molar-refractivity contribution in [3.05, 3.63) is 101 Å². The molecule has 2 heterocycles. The van der Waals surface area contributed by atoms with Gasteiger partial charge in [0, 0.05) is 5.56 Å². The summed E-state index contributed by atoms with van der Waals surface area (Å²) < 4.78 is 21.6. The number of allylic oxidation sites excluding steroid dienone is 1. The molecule has 51 heavy (non-hydrogen) atoms. The number of hydrogen-bond acceptors (Lipinski definition) is 10. The summed E-state index contributed by atoms with van der Waals surface area (Å²) in [7, 11) is 0. The minimum atomic E-state index is -0.754. The lowest BCUT2D eigenvalue weighted by atomic mass is 9.67. The Hall–Kier alpha value is -5.38. The van der Waals surface area contributed by atoms with Crippen LogP contribution in [0.3, 0.4) is 0 Å². The largest absolute Gasteiger partial charge is 0.494 e. The molecule has 10 heteroatoms. The van der Waals surface area contributed by atoms with Gasteiger partial charge in [0.2, 0.25) is 0 Å². The van der Waals surface area contributed by atoms with Crippen molar-refractivity contribution in [1.82, 2.24) is 0 Å². The molecule has 2 fully saturated rings. The third-order valence-corrected chi connectivity index (χ3v) is 9.81. The van der Waals surface area contributed by atoms with Gasteiger partial charge in [-0.05, 0) is 78.6 Å². The number of carbonyl (C=O) groups excluding carboxylic acids is 6. The molecule has 3 aromatic rings. The van der Waals surface area contributed by atoms with Crippen LogP contribution in [0.4, 0.5) is 0 Å². The molecular weight excluding hydrogens is 652 g/mol. The molecule has 10 nitrogen and oxygen atoms in total. The van der Waals surface area contributed by atoms with Gasteiger partial charge >= 0.3 is 23.9 Å². The van der Waals surface area contributed by atoms with Crippen LogP contribution in [0.5, 0.6) is 11.5 Å². The second-order valence-electron chi connectivity index (χ2n) is 13.2. The van der Waals surface area contributed by atoms with Crippen molar-refractivity contribution in [2.75, 3.05) is 6.61 Å². The third kappa shape index (κ3) is 8.68. The van der Waals surface area contributed by atoms with Gasteiger partial charge in [0.05, 0.1) is 30.8 Å². The van der Waals surface area contributed by atoms with Crippen LogP contribution < -0.4 is 9.47 Å². The van der Waals surface area contributed by atoms with Crippen molar-refractivity contribution in [3.8, 4) is 11.5 Å². The van der Waals surface area contributed by atoms with Crippen molar-refractivity contribution >= 4 is 42.0 Å². The highest BCUT2D eigenvalue weighted by molar-refractivity contribution is 6.06. The van der Waals surface area contributed by atoms with Gasteiger partial charge in [0.15, 0.2) is 18.2 Å². The van der Waals surface area contributed by atoms with Gasteiger partial charge in [0.25, 0.3) is 0 Å². The number of fused-ring (bicyclic) bond motifs is 3. The molecule has 1 aliphatic carbocycles. The zero-order valence-corrected chi connectivity index (χ0v) is 28.2. The maximum Gasteiger partial charge on any atom is 0.321 e. The van der Waals surface area contributed by atoms with Crippen molar-refractivity contribution in [3.63, 3.8) is 0 Å². The van der Waals surface area contributed by atoms with Crippen LogP contribution in [-0.2, 0) is 33.4 Å². The quantitative estimate of drug-likeness (QED) is 0.0375. The van der Waals surface area contributed by atoms with E-state index in [1.165, 1.54) is 6.08 Å². The second-order valence-corrected chi connectivity index (χ2v) is 13.2. The van der Waals surface area contributed by atoms with Crippen LogP contribution in [-0.4, -0.2) is 48.7 Å². The highest BCUT2D eigenvalue weighted by Crippen LogP contribution is 2.51. The first-order valence-corrected chi connectivity index (χ1v) is 17.6. The van der Waals surface area contributed by atoms with Gasteiger partial charge < -0.3 is 18.9 Å². The van der Waals surface area contributed by atoms with Crippen molar-refractivity contribution in [2.45, 2.75) is 75.7 Å². The van der Waals surface area contributed by atoms with E-state index in [1.807, 2.05) is 36.4 Å². The van der Waals surface area contributed by atoms with Crippen molar-refractivity contribution in [1.29, 1.82) is 0 Å². The smallest absolute Gasteiger partial charge is 0.321 e. The SMILES string of the molecule is O=CC(CCCCCCCCOc1ccc2c(c1)C1C(=O)OC(=O)C1CC2C1CC(=O)OC1=O)Oc1ccc(/C=C/C(=O)c2ccccc2)cc1. The van der Waals surface area contributed by atoms with Gasteiger partial charge in [-0.1, -0.05) is 80.3 Å². The van der Waals surface area contributed by atoms with Crippen LogP contribution in [0.25, 0.3) is 6.08 Å². The second kappa shape index (κ2) is 16.6. The van der Waals surface area contributed by atoms with Crippen LogP contribution in [0, 0.1) is 11.8 Å². The predicted octanol–water partition coefficient (Wildman–Crippen LogP) is 6.70. The van der Waals surface area contributed by atoms with Gasteiger partial charge in [0.1, 0.15) is 11.5 Å². The fraction of sp³-hybridized carbons (Fsp3) is 0.366. The Morgan fingerprint density at radius 1 is 0.745 bits per heavy atom. The summed E-state index contributed by atoms with van der Waals surface area (Å²) in [5, 5.41) is 0. The van der Waals surface area contributed by atoms with Crippen molar-refractivity contribution < 1.29 is 47.7 Å². The molecule has 2 saturated heterocycles. The van der Waals surface area contributed by atoms with Gasteiger partial charge in [-0.15, -0.1) is 0 Å². The van der Waals surface area contributed by atoms with E-state index in [4.69, 9.17) is 18.9 Å². The highest BCUT2D eigenvalue weighted by Gasteiger charge is 2.53. The lowest BCUT2D eigenvalue weighted by molar-refractivity contribution is -0.155. The van der Waals surface area contributed by atoms with Crippen LogP contribution >= 0.6 is 0 Å².